The summed E-state index contributed by atoms with van der Waals surface area (Å²) >= 11 is 1.45. The van der Waals surface area contributed by atoms with Crippen LogP contribution in [0, 0.1) is 5.92 Å². The maximum Gasteiger partial charge on any atom is 0.256 e. The molecule has 9 heteroatoms. The molecule has 0 aliphatic heterocycles. The number of nitrogens with zero attached hydrogens (tertiary/aromatic N) is 1. The molecule has 0 radical (unpaired) electrons. The van der Waals surface area contributed by atoms with E-state index in [1.165, 1.54) is 39.9 Å². The van der Waals surface area contributed by atoms with Crippen molar-refractivity contribution >= 4 is 38.2 Å². The van der Waals surface area contributed by atoms with Gasteiger partial charge in [0.25, 0.3) is 11.8 Å². The van der Waals surface area contributed by atoms with Crippen molar-refractivity contribution in [3.63, 3.8) is 0 Å². The average molecular weight is 526 g/mol. The Kier molecular flexibility index (Phi) is 7.92. The summed E-state index contributed by atoms with van der Waals surface area (Å²) in [5, 5.41) is 6.12. The molecule has 1 unspecified atom stereocenters. The van der Waals surface area contributed by atoms with Crippen LogP contribution in [0.15, 0.2) is 59.5 Å². The summed E-state index contributed by atoms with van der Waals surface area (Å²) < 4.78 is 27.8. The van der Waals surface area contributed by atoms with Crippen LogP contribution in [0.5, 0.6) is 0 Å². The quantitative estimate of drug-likeness (QED) is 0.446. The van der Waals surface area contributed by atoms with E-state index >= 15 is 0 Å². The van der Waals surface area contributed by atoms with Gasteiger partial charge in [0.2, 0.25) is 10.0 Å². The minimum Gasteiger partial charge on any atom is -0.355 e. The van der Waals surface area contributed by atoms with E-state index in [4.69, 9.17) is 0 Å². The molecule has 1 aliphatic carbocycles. The summed E-state index contributed by atoms with van der Waals surface area (Å²) in [5.74, 6) is -0.0550. The second-order valence-corrected chi connectivity index (χ2v) is 12.1. The Bertz CT molecular complexity index is 1350. The summed E-state index contributed by atoms with van der Waals surface area (Å²) in [5.41, 5.74) is 2.78. The fourth-order valence-electron chi connectivity index (χ4n) is 4.46. The maximum absolute atomic E-state index is 13.2. The third-order valence-corrected chi connectivity index (χ3v) is 9.61. The van der Waals surface area contributed by atoms with Crippen molar-refractivity contribution in [1.82, 2.24) is 9.62 Å². The summed E-state index contributed by atoms with van der Waals surface area (Å²) in [4.78, 5) is 26.9. The summed E-state index contributed by atoms with van der Waals surface area (Å²) in [6.45, 7) is 4.58. The van der Waals surface area contributed by atoms with Crippen LogP contribution in [0.25, 0.3) is 0 Å². The van der Waals surface area contributed by atoms with Crippen molar-refractivity contribution in [3.8, 4) is 0 Å². The van der Waals surface area contributed by atoms with Crippen LogP contribution in [0.4, 0.5) is 5.00 Å². The molecule has 0 saturated carbocycles. The van der Waals surface area contributed by atoms with Crippen LogP contribution in [0.1, 0.15) is 57.0 Å². The van der Waals surface area contributed by atoms with Gasteiger partial charge in [0.05, 0.1) is 10.5 Å². The molecule has 1 aromatic heterocycles. The second-order valence-electron chi connectivity index (χ2n) is 9.03. The molecule has 1 aliphatic rings. The summed E-state index contributed by atoms with van der Waals surface area (Å²) in [7, 11) is -2.15. The van der Waals surface area contributed by atoms with Crippen molar-refractivity contribution in [1.29, 1.82) is 0 Å². The van der Waals surface area contributed by atoms with Crippen LogP contribution in [0.3, 0.4) is 0 Å². The minimum absolute atomic E-state index is 0.128. The fourth-order valence-corrected chi connectivity index (χ4v) is 7.30. The predicted octanol–water partition coefficient (Wildman–Crippen LogP) is 4.70. The number of thiophene rings is 1. The first-order valence-corrected chi connectivity index (χ1v) is 14.3. The Morgan fingerprint density at radius 3 is 2.39 bits per heavy atom. The average Bonchev–Trinajstić information content (AvgIpc) is 3.23. The van der Waals surface area contributed by atoms with Crippen molar-refractivity contribution in [3.05, 3.63) is 81.7 Å². The largest absolute Gasteiger partial charge is 0.355 e. The summed E-state index contributed by atoms with van der Waals surface area (Å²) in [6.07, 6.45) is 2.72. The first-order valence-electron chi connectivity index (χ1n) is 12.1. The van der Waals surface area contributed by atoms with Gasteiger partial charge in [0.1, 0.15) is 5.00 Å². The van der Waals surface area contributed by atoms with Gasteiger partial charge in [0, 0.05) is 30.6 Å². The molecule has 7 nitrogen and oxygen atoms in total. The number of carbonyl (C=O) groups excluding carboxylic acids is 2. The lowest BCUT2D eigenvalue weighted by Crippen LogP contribution is -2.30. The summed E-state index contributed by atoms with van der Waals surface area (Å²) in [6, 6.07) is 15.4. The highest BCUT2D eigenvalue weighted by molar-refractivity contribution is 7.89. The molecule has 0 fully saturated rings. The van der Waals surface area contributed by atoms with Gasteiger partial charge < -0.3 is 10.6 Å². The molecule has 190 valence electrons. The van der Waals surface area contributed by atoms with E-state index < -0.39 is 10.0 Å². The van der Waals surface area contributed by atoms with Gasteiger partial charge in [-0.2, -0.15) is 4.31 Å². The Balaban J connectivity index is 1.54. The number of nitrogens with one attached hydrogen (secondary N) is 2. The molecule has 4 rings (SSSR count). The number of amides is 2. The van der Waals surface area contributed by atoms with Gasteiger partial charge >= 0.3 is 0 Å². The second kappa shape index (κ2) is 10.9. The van der Waals surface area contributed by atoms with Gasteiger partial charge in [-0.15, -0.1) is 11.3 Å². The predicted molar refractivity (Wildman–Crippen MR) is 143 cm³/mol. The fraction of sp³-hybridized carbons (Fsp3) is 0.333. The molecule has 0 saturated heterocycles. The van der Waals surface area contributed by atoms with E-state index in [0.717, 1.165) is 35.3 Å². The van der Waals surface area contributed by atoms with E-state index in [-0.39, 0.29) is 23.3 Å². The van der Waals surface area contributed by atoms with Gasteiger partial charge in [-0.05, 0) is 60.6 Å². The highest BCUT2D eigenvalue weighted by Gasteiger charge is 2.28. The lowest BCUT2D eigenvalue weighted by Gasteiger charge is -2.20. The zero-order chi connectivity index (χ0) is 25.9. The number of hydrogen-bond acceptors (Lipinski definition) is 5. The maximum atomic E-state index is 13.2. The van der Waals surface area contributed by atoms with Crippen molar-refractivity contribution < 1.29 is 18.0 Å². The lowest BCUT2D eigenvalue weighted by atomic mass is 9.88. The molecular formula is C27H31N3O4S2. The van der Waals surface area contributed by atoms with Crippen LogP contribution in [-0.2, 0) is 29.4 Å². The van der Waals surface area contributed by atoms with Crippen LogP contribution in [0.2, 0.25) is 0 Å². The Morgan fingerprint density at radius 2 is 1.75 bits per heavy atom. The van der Waals surface area contributed by atoms with E-state index in [0.29, 0.717) is 28.6 Å². The minimum atomic E-state index is -3.73. The van der Waals surface area contributed by atoms with Crippen LogP contribution in [-0.4, -0.2) is 38.1 Å². The standard InChI is InChI=1S/C27H31N3O4S2/c1-4-30(17-19-8-6-5-7-9-19)36(33,34)21-13-11-20(12-14-21)25(31)29-27-24(26(32)28-3)22-15-10-18(2)16-23(22)35-27/h5-9,11-14,18H,4,10,15-17H2,1-3H3,(H,28,32)(H,29,31). The smallest absolute Gasteiger partial charge is 0.256 e. The lowest BCUT2D eigenvalue weighted by molar-refractivity contribution is 0.0963. The number of sulfonamides is 1. The molecule has 0 bridgehead atoms. The van der Waals surface area contributed by atoms with Gasteiger partial charge in [-0.25, -0.2) is 8.42 Å². The van der Waals surface area contributed by atoms with Gasteiger partial charge in [0.15, 0.2) is 0 Å². The normalized spacial score (nSPS) is 15.4. The SMILES string of the molecule is CCN(Cc1ccccc1)S(=O)(=O)c1ccc(C(=O)Nc2sc3c(c2C(=O)NC)CCC(C)C3)cc1. The molecule has 2 amide bonds. The number of rotatable bonds is 8. The highest BCUT2D eigenvalue weighted by atomic mass is 32.2. The van der Waals surface area contributed by atoms with E-state index in [1.807, 2.05) is 30.3 Å². The van der Waals surface area contributed by atoms with E-state index in [2.05, 4.69) is 17.6 Å². The zero-order valence-corrected chi connectivity index (χ0v) is 22.3. The Morgan fingerprint density at radius 1 is 1.06 bits per heavy atom. The highest BCUT2D eigenvalue weighted by Crippen LogP contribution is 2.39. The van der Waals surface area contributed by atoms with E-state index in [9.17, 15) is 18.0 Å². The first kappa shape index (κ1) is 26.1. The van der Waals surface area contributed by atoms with Gasteiger partial charge in [-0.3, -0.25) is 9.59 Å². The molecule has 36 heavy (non-hydrogen) atoms. The van der Waals surface area contributed by atoms with Gasteiger partial charge in [-0.1, -0.05) is 44.2 Å². The molecule has 3 aromatic rings. The monoisotopic (exact) mass is 525 g/mol. The molecule has 0 spiro atoms. The third-order valence-electron chi connectivity index (χ3n) is 6.50. The Labute approximate surface area is 216 Å². The van der Waals surface area contributed by atoms with E-state index in [1.54, 1.807) is 14.0 Å². The molecule has 2 N–H and O–H groups in total. The number of carbonyl (C=O) groups is 2. The van der Waals surface area contributed by atoms with Crippen LogP contribution >= 0.6 is 11.3 Å². The number of benzene rings is 2. The Hall–Kier alpha value is -3.01. The van der Waals surface area contributed by atoms with Crippen molar-refractivity contribution in [2.45, 2.75) is 44.6 Å². The molecule has 1 atom stereocenters. The zero-order valence-electron chi connectivity index (χ0n) is 20.7. The molecule has 2 aromatic carbocycles. The number of anilines is 1. The van der Waals surface area contributed by atoms with Crippen molar-refractivity contribution in [2.75, 3.05) is 18.9 Å². The number of hydrogen-bond donors (Lipinski definition) is 2. The van der Waals surface area contributed by atoms with Crippen LogP contribution < -0.4 is 10.6 Å². The molecular weight excluding hydrogens is 494 g/mol. The van der Waals surface area contributed by atoms with Crippen molar-refractivity contribution in [2.24, 2.45) is 5.92 Å². The first-order chi connectivity index (χ1) is 17.2. The third kappa shape index (κ3) is 5.38. The number of fused-ring (bicyclic) bond motifs is 1. The topological polar surface area (TPSA) is 95.6 Å². The molecule has 1 heterocycles.